The molecule has 2 aromatic rings. The van der Waals surface area contributed by atoms with Crippen molar-refractivity contribution in [2.24, 2.45) is 0 Å². The number of alkyl carbamates (subject to hydrolysis) is 1. The number of rotatable bonds is 32. The average molecular weight is 692 g/mol. The number of benzene rings is 2. The van der Waals surface area contributed by atoms with Crippen LogP contribution >= 0.6 is 0 Å². The molecule has 1 N–H and O–H groups in total. The molecule has 2 aromatic carbocycles. The third-order valence-electron chi connectivity index (χ3n) is 7.48. The first-order valence-electron chi connectivity index (χ1n) is 17.6. The molecule has 0 bridgehead atoms. The summed E-state index contributed by atoms with van der Waals surface area (Å²) in [4.78, 5) is 12.2. The van der Waals surface area contributed by atoms with Crippen molar-refractivity contribution < 1.29 is 52.2 Å². The zero-order valence-electron chi connectivity index (χ0n) is 29.2. The molecule has 1 aliphatic carbocycles. The Labute approximate surface area is 291 Å². The van der Waals surface area contributed by atoms with Crippen molar-refractivity contribution in [2.75, 3.05) is 132 Å². The number of ether oxygens (including phenoxy) is 10. The summed E-state index contributed by atoms with van der Waals surface area (Å²) in [6.45, 7) is 12.2. The second kappa shape index (κ2) is 28.1. The van der Waals surface area contributed by atoms with Crippen LogP contribution in [-0.4, -0.2) is 138 Å². The Bertz CT molecular complexity index is 1060. The predicted molar refractivity (Wildman–Crippen MR) is 185 cm³/mol. The summed E-state index contributed by atoms with van der Waals surface area (Å²) in [6, 6.07) is 16.5. The molecule has 1 amide bonds. The number of hydrogen-bond donors (Lipinski definition) is 1. The van der Waals surface area contributed by atoms with Crippen molar-refractivity contribution in [1.29, 1.82) is 0 Å². The SMILES string of the molecule is CCCCOCCOCCOCCOCCOCCOCCOCCOCCOCCNC(=O)OCC1c2ccccc2-c2ccccc21. The molecule has 0 fully saturated rings. The van der Waals surface area contributed by atoms with Gasteiger partial charge in [-0.15, -0.1) is 0 Å². The van der Waals surface area contributed by atoms with E-state index in [1.807, 2.05) is 24.3 Å². The van der Waals surface area contributed by atoms with Gasteiger partial charge in [-0.05, 0) is 28.7 Å². The Balaban J connectivity index is 0.979. The molecular formula is C37H57NO11. The van der Waals surface area contributed by atoms with Crippen molar-refractivity contribution >= 4 is 6.09 Å². The summed E-state index contributed by atoms with van der Waals surface area (Å²) in [5.41, 5.74) is 4.78. The smallest absolute Gasteiger partial charge is 0.407 e. The van der Waals surface area contributed by atoms with Crippen LogP contribution in [0.5, 0.6) is 0 Å². The van der Waals surface area contributed by atoms with Crippen LogP contribution in [0, 0.1) is 0 Å². The minimum absolute atomic E-state index is 0.0409. The highest BCUT2D eigenvalue weighted by molar-refractivity contribution is 5.79. The van der Waals surface area contributed by atoms with Gasteiger partial charge in [0.1, 0.15) is 6.61 Å². The Kier molecular flexibility index (Phi) is 23.4. The third-order valence-corrected chi connectivity index (χ3v) is 7.48. The van der Waals surface area contributed by atoms with E-state index in [0.29, 0.717) is 125 Å². The lowest BCUT2D eigenvalue weighted by molar-refractivity contribution is -0.0249. The van der Waals surface area contributed by atoms with Gasteiger partial charge in [0.25, 0.3) is 0 Å². The highest BCUT2D eigenvalue weighted by Gasteiger charge is 2.28. The van der Waals surface area contributed by atoms with Crippen LogP contribution in [0.3, 0.4) is 0 Å². The van der Waals surface area contributed by atoms with Crippen molar-refractivity contribution in [3.63, 3.8) is 0 Å². The van der Waals surface area contributed by atoms with Crippen LogP contribution in [0.15, 0.2) is 48.5 Å². The highest BCUT2D eigenvalue weighted by Crippen LogP contribution is 2.44. The maximum Gasteiger partial charge on any atom is 0.407 e. The summed E-state index contributed by atoms with van der Waals surface area (Å²) < 4.78 is 54.9. The molecule has 0 spiro atoms. The first-order valence-corrected chi connectivity index (χ1v) is 17.6. The lowest BCUT2D eigenvalue weighted by Crippen LogP contribution is -2.29. The maximum absolute atomic E-state index is 12.2. The number of unbranched alkanes of at least 4 members (excludes halogenated alkanes) is 1. The molecule has 0 aromatic heterocycles. The summed E-state index contributed by atoms with van der Waals surface area (Å²) in [5.74, 6) is 0.0409. The van der Waals surface area contributed by atoms with E-state index in [2.05, 4.69) is 36.5 Å². The molecule has 0 radical (unpaired) electrons. The molecule has 0 unspecified atom stereocenters. The molecule has 12 nitrogen and oxygen atoms in total. The third kappa shape index (κ3) is 18.2. The zero-order valence-corrected chi connectivity index (χ0v) is 29.2. The van der Waals surface area contributed by atoms with Crippen molar-refractivity contribution in [2.45, 2.75) is 25.7 Å². The first kappa shape index (κ1) is 40.8. The van der Waals surface area contributed by atoms with E-state index in [1.165, 1.54) is 22.3 Å². The minimum Gasteiger partial charge on any atom is -0.449 e. The average Bonchev–Trinajstić information content (AvgIpc) is 3.45. The van der Waals surface area contributed by atoms with Crippen molar-refractivity contribution in [1.82, 2.24) is 5.32 Å². The molecule has 12 heteroatoms. The maximum atomic E-state index is 12.2. The second-order valence-electron chi connectivity index (χ2n) is 11.1. The van der Waals surface area contributed by atoms with E-state index in [1.54, 1.807) is 0 Å². The van der Waals surface area contributed by atoms with E-state index in [0.717, 1.165) is 19.4 Å². The molecule has 0 atom stereocenters. The summed E-state index contributed by atoms with van der Waals surface area (Å²) in [7, 11) is 0. The largest absolute Gasteiger partial charge is 0.449 e. The number of fused-ring (bicyclic) bond motifs is 3. The van der Waals surface area contributed by atoms with Crippen molar-refractivity contribution in [3.8, 4) is 11.1 Å². The van der Waals surface area contributed by atoms with Gasteiger partial charge in [0.15, 0.2) is 0 Å². The topological polar surface area (TPSA) is 121 Å². The number of carbonyl (C=O) groups is 1. The fourth-order valence-corrected chi connectivity index (χ4v) is 4.98. The van der Waals surface area contributed by atoms with Crippen LogP contribution in [0.25, 0.3) is 11.1 Å². The lowest BCUT2D eigenvalue weighted by Gasteiger charge is -2.14. The molecule has 0 heterocycles. The Morgan fingerprint density at radius 3 is 1.24 bits per heavy atom. The summed E-state index contributed by atoms with van der Waals surface area (Å²) in [6.07, 6.45) is 1.78. The van der Waals surface area contributed by atoms with Crippen LogP contribution in [0.4, 0.5) is 4.79 Å². The zero-order chi connectivity index (χ0) is 34.5. The van der Waals surface area contributed by atoms with Gasteiger partial charge < -0.3 is 52.7 Å². The number of carbonyl (C=O) groups excluding carboxylic acids is 1. The van der Waals surface area contributed by atoms with E-state index in [-0.39, 0.29) is 5.92 Å². The highest BCUT2D eigenvalue weighted by atomic mass is 16.6. The first-order chi connectivity index (χ1) is 24.3. The lowest BCUT2D eigenvalue weighted by atomic mass is 9.98. The van der Waals surface area contributed by atoms with E-state index >= 15 is 0 Å². The second-order valence-corrected chi connectivity index (χ2v) is 11.1. The van der Waals surface area contributed by atoms with E-state index in [4.69, 9.17) is 47.4 Å². The van der Waals surface area contributed by atoms with Gasteiger partial charge in [0, 0.05) is 19.1 Å². The van der Waals surface area contributed by atoms with Gasteiger partial charge in [0.2, 0.25) is 0 Å². The normalized spacial score (nSPS) is 12.3. The van der Waals surface area contributed by atoms with E-state index < -0.39 is 6.09 Å². The minimum atomic E-state index is -0.449. The fraction of sp³-hybridized carbons (Fsp3) is 0.649. The number of nitrogens with one attached hydrogen (secondary N) is 1. The molecule has 0 aliphatic heterocycles. The Morgan fingerprint density at radius 1 is 0.510 bits per heavy atom. The van der Waals surface area contributed by atoms with Crippen LogP contribution in [0.2, 0.25) is 0 Å². The van der Waals surface area contributed by atoms with Gasteiger partial charge >= 0.3 is 6.09 Å². The predicted octanol–water partition coefficient (Wildman–Crippen LogP) is 4.47. The van der Waals surface area contributed by atoms with Crippen LogP contribution in [-0.2, 0) is 47.4 Å². The Hall–Kier alpha value is -2.65. The molecule has 1 aliphatic rings. The standard InChI is InChI=1S/C37H57NO11/c1-2-3-13-40-15-17-42-19-21-44-23-25-46-27-29-48-30-28-47-26-24-45-22-20-43-18-16-41-14-12-38-37(39)49-31-36-34-10-6-4-8-32(34)33-9-5-7-11-35(33)36/h4-11,36H,2-3,12-31H2,1H3,(H,38,39). The monoisotopic (exact) mass is 691 g/mol. The molecule has 49 heavy (non-hydrogen) atoms. The number of hydrogen-bond acceptors (Lipinski definition) is 11. The summed E-state index contributed by atoms with van der Waals surface area (Å²) in [5, 5.41) is 2.74. The summed E-state index contributed by atoms with van der Waals surface area (Å²) >= 11 is 0. The van der Waals surface area contributed by atoms with Crippen LogP contribution < -0.4 is 5.32 Å². The van der Waals surface area contributed by atoms with Crippen molar-refractivity contribution in [3.05, 3.63) is 59.7 Å². The van der Waals surface area contributed by atoms with Gasteiger partial charge in [-0.25, -0.2) is 4.79 Å². The molecular weight excluding hydrogens is 634 g/mol. The van der Waals surface area contributed by atoms with E-state index in [9.17, 15) is 4.79 Å². The van der Waals surface area contributed by atoms with Gasteiger partial charge in [0.05, 0.1) is 112 Å². The quantitative estimate of drug-likeness (QED) is 0.109. The fourth-order valence-electron chi connectivity index (χ4n) is 4.98. The molecule has 276 valence electrons. The van der Waals surface area contributed by atoms with Crippen LogP contribution in [0.1, 0.15) is 36.8 Å². The molecule has 0 saturated carbocycles. The Morgan fingerprint density at radius 2 is 0.857 bits per heavy atom. The van der Waals surface area contributed by atoms with Gasteiger partial charge in [-0.2, -0.15) is 0 Å². The number of amides is 1. The van der Waals surface area contributed by atoms with Gasteiger partial charge in [-0.3, -0.25) is 0 Å². The van der Waals surface area contributed by atoms with Gasteiger partial charge in [-0.1, -0.05) is 61.9 Å². The molecule has 0 saturated heterocycles. The molecule has 3 rings (SSSR count).